The average Bonchev–Trinajstić information content (AvgIpc) is 2.63. The summed E-state index contributed by atoms with van der Waals surface area (Å²) >= 11 is 6.02. The number of hydrogen-bond acceptors (Lipinski definition) is 4. The summed E-state index contributed by atoms with van der Waals surface area (Å²) in [6, 6.07) is 9.46. The first-order chi connectivity index (χ1) is 12.8. The van der Waals surface area contributed by atoms with Crippen LogP contribution in [0.3, 0.4) is 0 Å². The van der Waals surface area contributed by atoms with E-state index in [1.54, 1.807) is 11.0 Å². The third-order valence-electron chi connectivity index (χ3n) is 4.41. The summed E-state index contributed by atoms with van der Waals surface area (Å²) in [5, 5.41) is 10.9. The predicted octanol–water partition coefficient (Wildman–Crippen LogP) is 5.31. The van der Waals surface area contributed by atoms with Crippen LogP contribution in [-0.2, 0) is 6.18 Å². The number of alkyl halides is 3. The Morgan fingerprint density at radius 1 is 1.15 bits per heavy atom. The van der Waals surface area contributed by atoms with Gasteiger partial charge in [-0.3, -0.25) is 10.1 Å². The second kappa shape index (κ2) is 7.64. The van der Waals surface area contributed by atoms with Crippen molar-refractivity contribution in [3.05, 3.63) is 63.2 Å². The molecule has 1 heterocycles. The lowest BCUT2D eigenvalue weighted by molar-refractivity contribution is -0.384. The number of benzene rings is 2. The SMILES string of the molecule is O=[N+]([O-])c1ccc(OC2CCN(c3ccccc3C(F)(F)F)CC2)c(Cl)c1. The van der Waals surface area contributed by atoms with Crippen LogP contribution in [0, 0.1) is 10.1 Å². The molecule has 2 aromatic carbocycles. The molecule has 0 N–H and O–H groups in total. The molecule has 3 rings (SSSR count). The Morgan fingerprint density at radius 3 is 2.41 bits per heavy atom. The molecule has 0 amide bonds. The minimum atomic E-state index is -4.41. The van der Waals surface area contributed by atoms with Gasteiger partial charge in [0.05, 0.1) is 15.5 Å². The summed E-state index contributed by atoms with van der Waals surface area (Å²) in [6.45, 7) is 0.810. The third kappa shape index (κ3) is 4.44. The number of nitro benzene ring substituents is 1. The van der Waals surface area contributed by atoms with Gasteiger partial charge in [-0.25, -0.2) is 0 Å². The zero-order chi connectivity index (χ0) is 19.6. The van der Waals surface area contributed by atoms with Crippen molar-refractivity contribution in [1.82, 2.24) is 0 Å². The van der Waals surface area contributed by atoms with Crippen LogP contribution in [0.5, 0.6) is 5.75 Å². The minimum Gasteiger partial charge on any atom is -0.489 e. The zero-order valence-electron chi connectivity index (χ0n) is 14.1. The van der Waals surface area contributed by atoms with Gasteiger partial charge in [-0.05, 0) is 18.2 Å². The average molecular weight is 401 g/mol. The highest BCUT2D eigenvalue weighted by Gasteiger charge is 2.35. The molecule has 27 heavy (non-hydrogen) atoms. The van der Waals surface area contributed by atoms with Crippen molar-refractivity contribution in [2.24, 2.45) is 0 Å². The van der Waals surface area contributed by atoms with Crippen LogP contribution >= 0.6 is 11.6 Å². The molecule has 1 aliphatic heterocycles. The van der Waals surface area contributed by atoms with E-state index in [2.05, 4.69) is 0 Å². The molecular weight excluding hydrogens is 385 g/mol. The van der Waals surface area contributed by atoms with Gasteiger partial charge in [-0.2, -0.15) is 13.2 Å². The van der Waals surface area contributed by atoms with Crippen molar-refractivity contribution >= 4 is 23.0 Å². The molecule has 0 bridgehead atoms. The molecule has 1 saturated heterocycles. The second-order valence-electron chi connectivity index (χ2n) is 6.19. The summed E-state index contributed by atoms with van der Waals surface area (Å²) in [5.74, 6) is 0.330. The number of ether oxygens (including phenoxy) is 1. The maximum Gasteiger partial charge on any atom is 0.418 e. The predicted molar refractivity (Wildman–Crippen MR) is 95.4 cm³/mol. The van der Waals surface area contributed by atoms with Crippen molar-refractivity contribution in [3.63, 3.8) is 0 Å². The van der Waals surface area contributed by atoms with E-state index in [1.807, 2.05) is 0 Å². The third-order valence-corrected chi connectivity index (χ3v) is 4.71. The van der Waals surface area contributed by atoms with E-state index in [9.17, 15) is 23.3 Å². The normalized spacial score (nSPS) is 15.6. The molecule has 0 radical (unpaired) electrons. The van der Waals surface area contributed by atoms with Crippen LogP contribution in [0.15, 0.2) is 42.5 Å². The Bertz CT molecular complexity index is 837. The van der Waals surface area contributed by atoms with Crippen molar-refractivity contribution in [3.8, 4) is 5.75 Å². The summed E-state index contributed by atoms with van der Waals surface area (Å²) in [4.78, 5) is 11.9. The van der Waals surface area contributed by atoms with Gasteiger partial charge < -0.3 is 9.64 Å². The summed E-state index contributed by atoms with van der Waals surface area (Å²) < 4.78 is 45.4. The molecule has 0 spiro atoms. The first-order valence-electron chi connectivity index (χ1n) is 8.27. The fourth-order valence-corrected chi connectivity index (χ4v) is 3.30. The Hall–Kier alpha value is -2.48. The Kier molecular flexibility index (Phi) is 5.46. The smallest absolute Gasteiger partial charge is 0.418 e. The molecule has 2 aromatic rings. The monoisotopic (exact) mass is 400 g/mol. The van der Waals surface area contributed by atoms with Gasteiger partial charge in [-0.15, -0.1) is 0 Å². The van der Waals surface area contributed by atoms with E-state index in [4.69, 9.17) is 16.3 Å². The van der Waals surface area contributed by atoms with E-state index >= 15 is 0 Å². The lowest BCUT2D eigenvalue weighted by atomic mass is 10.0. The van der Waals surface area contributed by atoms with Crippen LogP contribution in [-0.4, -0.2) is 24.1 Å². The van der Waals surface area contributed by atoms with Crippen molar-refractivity contribution in [1.29, 1.82) is 0 Å². The van der Waals surface area contributed by atoms with Gasteiger partial charge in [0.25, 0.3) is 5.69 Å². The first-order valence-corrected chi connectivity index (χ1v) is 8.65. The number of anilines is 1. The maximum absolute atomic E-state index is 13.2. The van der Waals surface area contributed by atoms with Crippen LogP contribution in [0.4, 0.5) is 24.5 Å². The number of non-ortho nitro benzene ring substituents is 1. The van der Waals surface area contributed by atoms with E-state index < -0.39 is 16.7 Å². The second-order valence-corrected chi connectivity index (χ2v) is 6.60. The van der Waals surface area contributed by atoms with E-state index in [0.29, 0.717) is 31.7 Å². The van der Waals surface area contributed by atoms with Crippen LogP contribution in [0.2, 0.25) is 5.02 Å². The largest absolute Gasteiger partial charge is 0.489 e. The molecule has 0 aliphatic carbocycles. The molecule has 144 valence electrons. The minimum absolute atomic E-state index is 0.133. The standard InChI is InChI=1S/C18H16ClF3N2O3/c19-15-11-12(24(25)26)5-6-17(15)27-13-7-9-23(10-8-13)16-4-2-1-3-14(16)18(20,21)22/h1-6,11,13H,7-10H2. The van der Waals surface area contributed by atoms with Gasteiger partial charge in [0.15, 0.2) is 0 Å². The molecule has 1 aliphatic rings. The Labute approximate surface area is 158 Å². The number of nitro groups is 1. The summed E-state index contributed by atoms with van der Waals surface area (Å²) in [6.07, 6.45) is -3.60. The van der Waals surface area contributed by atoms with Gasteiger partial charge in [0, 0.05) is 43.8 Å². The van der Waals surface area contributed by atoms with E-state index in [-0.39, 0.29) is 22.5 Å². The molecule has 0 unspecified atom stereocenters. The number of piperidine rings is 1. The van der Waals surface area contributed by atoms with Crippen molar-refractivity contribution in [2.45, 2.75) is 25.1 Å². The highest BCUT2D eigenvalue weighted by molar-refractivity contribution is 6.32. The molecular formula is C18H16ClF3N2O3. The molecule has 0 atom stereocenters. The molecule has 0 aromatic heterocycles. The topological polar surface area (TPSA) is 55.6 Å². The number of para-hydroxylation sites is 1. The van der Waals surface area contributed by atoms with Crippen LogP contribution in [0.1, 0.15) is 18.4 Å². The molecule has 5 nitrogen and oxygen atoms in total. The number of nitrogens with zero attached hydrogens (tertiary/aromatic N) is 2. The fraction of sp³-hybridized carbons (Fsp3) is 0.333. The lowest BCUT2D eigenvalue weighted by Crippen LogP contribution is -2.39. The Balaban J connectivity index is 1.66. The zero-order valence-corrected chi connectivity index (χ0v) is 14.8. The number of halogens is 4. The summed E-state index contributed by atoms with van der Waals surface area (Å²) in [5.41, 5.74) is -0.620. The van der Waals surface area contributed by atoms with Gasteiger partial charge in [0.1, 0.15) is 11.9 Å². The van der Waals surface area contributed by atoms with Gasteiger partial charge in [0.2, 0.25) is 0 Å². The van der Waals surface area contributed by atoms with Crippen molar-refractivity contribution < 1.29 is 22.8 Å². The van der Waals surface area contributed by atoms with E-state index in [1.165, 1.54) is 30.3 Å². The maximum atomic E-state index is 13.2. The quantitative estimate of drug-likeness (QED) is 0.515. The molecule has 0 saturated carbocycles. The van der Waals surface area contributed by atoms with Crippen molar-refractivity contribution in [2.75, 3.05) is 18.0 Å². The Morgan fingerprint density at radius 2 is 1.81 bits per heavy atom. The van der Waals surface area contributed by atoms with Crippen LogP contribution in [0.25, 0.3) is 0 Å². The van der Waals surface area contributed by atoms with Gasteiger partial charge >= 0.3 is 6.18 Å². The van der Waals surface area contributed by atoms with E-state index in [0.717, 1.165) is 6.07 Å². The highest BCUT2D eigenvalue weighted by Crippen LogP contribution is 2.38. The number of rotatable bonds is 4. The molecule has 1 fully saturated rings. The first kappa shape index (κ1) is 19.3. The summed E-state index contributed by atoms with van der Waals surface area (Å²) in [7, 11) is 0. The fourth-order valence-electron chi connectivity index (χ4n) is 3.08. The lowest BCUT2D eigenvalue weighted by Gasteiger charge is -2.35. The van der Waals surface area contributed by atoms with Gasteiger partial charge in [-0.1, -0.05) is 23.7 Å². The number of hydrogen-bond donors (Lipinski definition) is 0. The molecule has 9 heteroatoms. The van der Waals surface area contributed by atoms with Crippen LogP contribution < -0.4 is 9.64 Å². The highest BCUT2D eigenvalue weighted by atomic mass is 35.5.